The highest BCUT2D eigenvalue weighted by Gasteiger charge is 2.40. The maximum Gasteiger partial charge on any atom is 0.317 e. The molecule has 5 heteroatoms. The van der Waals surface area contributed by atoms with Crippen LogP contribution >= 0.6 is 0 Å². The molecular weight excluding hydrogens is 474 g/mol. The summed E-state index contributed by atoms with van der Waals surface area (Å²) in [6.07, 6.45) is 22.3. The average molecular weight is 526 g/mol. The van der Waals surface area contributed by atoms with Gasteiger partial charge >= 0.3 is 11.9 Å². The first kappa shape index (κ1) is 30.4. The monoisotopic (exact) mass is 525 g/mol. The van der Waals surface area contributed by atoms with Crippen LogP contribution in [0.15, 0.2) is 42.5 Å². The number of piperidine rings is 1. The first-order chi connectivity index (χ1) is 18.6. The Bertz CT molecular complexity index is 825. The van der Waals surface area contributed by atoms with Gasteiger partial charge in [-0.05, 0) is 70.4 Å². The number of allylic oxidation sites excluding steroid dienone is 2. The van der Waals surface area contributed by atoms with Gasteiger partial charge in [-0.25, -0.2) is 0 Å². The predicted octanol–water partition coefficient (Wildman–Crippen LogP) is 7.74. The third-order valence-corrected chi connectivity index (χ3v) is 8.38. The fourth-order valence-corrected chi connectivity index (χ4v) is 5.92. The third kappa shape index (κ3) is 10.6. The SMILES string of the molecule is CCCCCCC=CCCCCCCCC(=O)OCC(C(=O)O[C@H]1C[C@H]2CC[C@@H](C1)N2C)c1ccccc1. The van der Waals surface area contributed by atoms with Crippen LogP contribution in [-0.2, 0) is 19.1 Å². The molecule has 5 nitrogen and oxygen atoms in total. The molecule has 0 amide bonds. The summed E-state index contributed by atoms with van der Waals surface area (Å²) in [7, 11) is 2.18. The van der Waals surface area contributed by atoms with E-state index in [9.17, 15) is 9.59 Å². The number of carbonyl (C=O) groups excluding carboxylic acids is 2. The summed E-state index contributed by atoms with van der Waals surface area (Å²) in [5, 5.41) is 0. The molecule has 3 rings (SSSR count). The second kappa shape index (κ2) is 17.4. The smallest absolute Gasteiger partial charge is 0.317 e. The van der Waals surface area contributed by atoms with Gasteiger partial charge in [0, 0.05) is 18.5 Å². The summed E-state index contributed by atoms with van der Waals surface area (Å²) in [4.78, 5) is 28.1. The Morgan fingerprint density at radius 3 is 2.16 bits per heavy atom. The van der Waals surface area contributed by atoms with Crippen molar-refractivity contribution < 1.29 is 19.1 Å². The normalized spacial score (nSPS) is 22.0. The standard InChI is InChI=1S/C33H51NO4/c1-3-4-5-6-7-8-9-10-11-12-13-14-18-21-32(35)37-26-31(27-19-16-15-17-20-27)33(36)38-30-24-28-22-23-29(25-30)34(28)2/h8-9,15-17,19-20,28-31H,3-7,10-14,18,21-26H2,1-2H3/t28-,29+,30+,31?. The van der Waals surface area contributed by atoms with Crippen molar-refractivity contribution in [1.29, 1.82) is 0 Å². The van der Waals surface area contributed by atoms with Gasteiger partial charge in [0.05, 0.1) is 0 Å². The lowest BCUT2D eigenvalue weighted by Gasteiger charge is -2.36. The summed E-state index contributed by atoms with van der Waals surface area (Å²) < 4.78 is 11.6. The van der Waals surface area contributed by atoms with Gasteiger partial charge in [-0.1, -0.05) is 87.9 Å². The number of nitrogens with zero attached hydrogens (tertiary/aromatic N) is 1. The lowest BCUT2D eigenvalue weighted by atomic mass is 9.98. The number of rotatable bonds is 18. The molecule has 0 spiro atoms. The summed E-state index contributed by atoms with van der Waals surface area (Å²) in [5.41, 5.74) is 0.844. The van der Waals surface area contributed by atoms with Crippen LogP contribution < -0.4 is 0 Å². The van der Waals surface area contributed by atoms with Crippen LogP contribution in [0.4, 0.5) is 0 Å². The summed E-state index contributed by atoms with van der Waals surface area (Å²) in [5.74, 6) is -1.06. The van der Waals surface area contributed by atoms with Gasteiger partial charge in [0.15, 0.2) is 0 Å². The largest absolute Gasteiger partial charge is 0.464 e. The van der Waals surface area contributed by atoms with Crippen LogP contribution in [0.25, 0.3) is 0 Å². The van der Waals surface area contributed by atoms with Crippen molar-refractivity contribution >= 4 is 11.9 Å². The van der Waals surface area contributed by atoms with Crippen molar-refractivity contribution in [3.05, 3.63) is 48.0 Å². The summed E-state index contributed by atoms with van der Waals surface area (Å²) >= 11 is 0. The van der Waals surface area contributed by atoms with Crippen LogP contribution in [0.2, 0.25) is 0 Å². The Morgan fingerprint density at radius 2 is 1.50 bits per heavy atom. The molecule has 0 aromatic heterocycles. The second-order valence-corrected chi connectivity index (χ2v) is 11.4. The number of ether oxygens (including phenoxy) is 2. The summed E-state index contributed by atoms with van der Waals surface area (Å²) in [6, 6.07) is 10.6. The molecule has 1 unspecified atom stereocenters. The summed E-state index contributed by atoms with van der Waals surface area (Å²) in [6.45, 7) is 2.30. The van der Waals surface area contributed by atoms with E-state index in [1.807, 2.05) is 30.3 Å². The van der Waals surface area contributed by atoms with E-state index in [0.717, 1.165) is 44.1 Å². The van der Waals surface area contributed by atoms with Crippen LogP contribution in [0.3, 0.4) is 0 Å². The van der Waals surface area contributed by atoms with Gasteiger partial charge in [-0.2, -0.15) is 0 Å². The number of unbranched alkanes of at least 4 members (excludes halogenated alkanes) is 9. The van der Waals surface area contributed by atoms with Gasteiger partial charge in [-0.15, -0.1) is 0 Å². The number of fused-ring (bicyclic) bond motifs is 2. The van der Waals surface area contributed by atoms with Crippen LogP contribution in [0.1, 0.15) is 121 Å². The first-order valence-electron chi connectivity index (χ1n) is 15.4. The quantitative estimate of drug-likeness (QED) is 0.111. The maximum atomic E-state index is 13.2. The molecule has 4 atom stereocenters. The van der Waals surface area contributed by atoms with Gasteiger partial charge < -0.3 is 14.4 Å². The van der Waals surface area contributed by atoms with Crippen LogP contribution in [0, 0.1) is 0 Å². The molecule has 0 radical (unpaired) electrons. The molecule has 2 fully saturated rings. The zero-order valence-corrected chi connectivity index (χ0v) is 24.0. The van der Waals surface area contributed by atoms with Crippen molar-refractivity contribution in [1.82, 2.24) is 4.90 Å². The Hall–Kier alpha value is -2.14. The van der Waals surface area contributed by atoms with Crippen LogP contribution in [0.5, 0.6) is 0 Å². The second-order valence-electron chi connectivity index (χ2n) is 11.4. The zero-order valence-electron chi connectivity index (χ0n) is 24.0. The lowest BCUT2D eigenvalue weighted by molar-refractivity contribution is -0.158. The molecule has 2 aliphatic heterocycles. The Labute approximate surface area is 231 Å². The van der Waals surface area contributed by atoms with Crippen molar-refractivity contribution in [3.8, 4) is 0 Å². The van der Waals surface area contributed by atoms with Crippen molar-refractivity contribution in [2.24, 2.45) is 0 Å². The van der Waals surface area contributed by atoms with E-state index in [2.05, 4.69) is 31.0 Å². The Kier molecular flexibility index (Phi) is 14.0. The molecule has 2 aliphatic rings. The molecule has 38 heavy (non-hydrogen) atoms. The van der Waals surface area contributed by atoms with E-state index in [0.29, 0.717) is 18.5 Å². The van der Waals surface area contributed by atoms with Crippen molar-refractivity contribution in [2.75, 3.05) is 13.7 Å². The first-order valence-corrected chi connectivity index (χ1v) is 15.4. The van der Waals surface area contributed by atoms with Gasteiger partial charge in [-0.3, -0.25) is 9.59 Å². The predicted molar refractivity (Wildman–Crippen MR) is 154 cm³/mol. The minimum absolute atomic E-state index is 0.0422. The van der Waals surface area contributed by atoms with Gasteiger partial charge in [0.25, 0.3) is 0 Å². The molecule has 2 bridgehead atoms. The van der Waals surface area contributed by atoms with E-state index in [1.54, 1.807) is 0 Å². The Morgan fingerprint density at radius 1 is 0.895 bits per heavy atom. The van der Waals surface area contributed by atoms with E-state index in [-0.39, 0.29) is 24.6 Å². The number of carbonyl (C=O) groups is 2. The van der Waals surface area contributed by atoms with E-state index < -0.39 is 5.92 Å². The molecule has 2 saturated heterocycles. The molecule has 0 N–H and O–H groups in total. The highest BCUT2D eigenvalue weighted by molar-refractivity contribution is 5.79. The van der Waals surface area contributed by atoms with Crippen molar-refractivity contribution in [2.45, 2.75) is 134 Å². The zero-order chi connectivity index (χ0) is 27.0. The van der Waals surface area contributed by atoms with Gasteiger partial charge in [0.1, 0.15) is 18.6 Å². The van der Waals surface area contributed by atoms with Gasteiger partial charge in [0.2, 0.25) is 0 Å². The fraction of sp³-hybridized carbons (Fsp3) is 0.697. The molecule has 0 saturated carbocycles. The highest BCUT2D eigenvalue weighted by Crippen LogP contribution is 2.36. The highest BCUT2D eigenvalue weighted by atomic mass is 16.6. The third-order valence-electron chi connectivity index (χ3n) is 8.38. The number of esters is 2. The van der Waals surface area contributed by atoms with E-state index >= 15 is 0 Å². The maximum absolute atomic E-state index is 13.2. The average Bonchev–Trinajstić information content (AvgIpc) is 3.11. The number of hydrogen-bond acceptors (Lipinski definition) is 5. The topological polar surface area (TPSA) is 55.8 Å². The minimum Gasteiger partial charge on any atom is -0.464 e. The molecule has 1 aromatic carbocycles. The lowest BCUT2D eigenvalue weighted by Crippen LogP contribution is -2.44. The van der Waals surface area contributed by atoms with E-state index in [4.69, 9.17) is 9.47 Å². The van der Waals surface area contributed by atoms with Crippen molar-refractivity contribution in [3.63, 3.8) is 0 Å². The molecule has 212 valence electrons. The number of benzene rings is 1. The van der Waals surface area contributed by atoms with Crippen LogP contribution in [-0.4, -0.2) is 48.7 Å². The minimum atomic E-state index is -0.572. The van der Waals surface area contributed by atoms with E-state index in [1.165, 1.54) is 57.8 Å². The number of hydrogen-bond donors (Lipinski definition) is 0. The Balaban J connectivity index is 1.31. The molecule has 2 heterocycles. The molecule has 0 aliphatic carbocycles. The fourth-order valence-electron chi connectivity index (χ4n) is 5.92. The molecule has 1 aromatic rings. The molecular formula is C33H51NO4.